The summed E-state index contributed by atoms with van der Waals surface area (Å²) in [4.78, 5) is 27.0. The van der Waals surface area contributed by atoms with Gasteiger partial charge < -0.3 is 10.2 Å². The average Bonchev–Trinajstić information content (AvgIpc) is 3.36. The molecule has 8 nitrogen and oxygen atoms in total. The number of tetrazole rings is 1. The van der Waals surface area contributed by atoms with Crippen LogP contribution >= 0.6 is 0 Å². The third kappa shape index (κ3) is 4.06. The standard InChI is InChI=1S/C20H20N6O2/c27-18(14-26-23-20(22-24-26)16-5-2-1-3-6-16)21-13-15-8-10-17(11-9-15)25-12-4-7-19(25)28/h1-3,5-6,8-11H,4,7,12-14H2,(H,21,27). The molecule has 0 spiro atoms. The second-order valence-electron chi connectivity index (χ2n) is 6.60. The predicted molar refractivity (Wildman–Crippen MR) is 103 cm³/mol. The Labute approximate surface area is 162 Å². The summed E-state index contributed by atoms with van der Waals surface area (Å²) in [5.74, 6) is 0.451. The largest absolute Gasteiger partial charge is 0.350 e. The van der Waals surface area contributed by atoms with Gasteiger partial charge in [-0.3, -0.25) is 9.59 Å². The van der Waals surface area contributed by atoms with Crippen LogP contribution in [-0.4, -0.2) is 38.6 Å². The average molecular weight is 376 g/mol. The van der Waals surface area contributed by atoms with E-state index in [1.165, 1.54) is 4.80 Å². The number of carbonyl (C=O) groups excluding carboxylic acids is 2. The van der Waals surface area contributed by atoms with Gasteiger partial charge in [0.15, 0.2) is 0 Å². The SMILES string of the molecule is O=C(Cn1nnc(-c2ccccc2)n1)NCc1ccc(N2CCCC2=O)cc1. The third-order valence-corrected chi connectivity index (χ3v) is 4.58. The lowest BCUT2D eigenvalue weighted by Crippen LogP contribution is -2.28. The van der Waals surface area contributed by atoms with E-state index >= 15 is 0 Å². The van der Waals surface area contributed by atoms with E-state index in [1.54, 1.807) is 4.90 Å². The van der Waals surface area contributed by atoms with Crippen molar-refractivity contribution in [3.63, 3.8) is 0 Å². The first-order chi connectivity index (χ1) is 13.7. The molecule has 28 heavy (non-hydrogen) atoms. The Hall–Kier alpha value is -3.55. The van der Waals surface area contributed by atoms with Gasteiger partial charge in [-0.25, -0.2) is 0 Å². The molecule has 0 aliphatic carbocycles. The Kier molecular flexibility index (Phi) is 5.09. The van der Waals surface area contributed by atoms with Gasteiger partial charge in [-0.1, -0.05) is 42.5 Å². The first-order valence-electron chi connectivity index (χ1n) is 9.18. The zero-order chi connectivity index (χ0) is 19.3. The summed E-state index contributed by atoms with van der Waals surface area (Å²) < 4.78 is 0. The van der Waals surface area contributed by atoms with Gasteiger partial charge in [0.25, 0.3) is 0 Å². The normalized spacial score (nSPS) is 13.7. The highest BCUT2D eigenvalue weighted by atomic mass is 16.2. The molecule has 1 aliphatic heterocycles. The van der Waals surface area contributed by atoms with Crippen LogP contribution in [0.2, 0.25) is 0 Å². The Bertz CT molecular complexity index is 968. The minimum Gasteiger partial charge on any atom is -0.350 e. The predicted octanol–water partition coefficient (Wildman–Crippen LogP) is 1.78. The van der Waals surface area contributed by atoms with Gasteiger partial charge in [0.2, 0.25) is 17.6 Å². The van der Waals surface area contributed by atoms with Crippen LogP contribution in [0, 0.1) is 0 Å². The van der Waals surface area contributed by atoms with Crippen molar-refractivity contribution in [3.8, 4) is 11.4 Å². The Morgan fingerprint density at radius 2 is 1.86 bits per heavy atom. The van der Waals surface area contributed by atoms with Crippen LogP contribution in [0.1, 0.15) is 18.4 Å². The van der Waals surface area contributed by atoms with Crippen molar-refractivity contribution in [3.05, 3.63) is 60.2 Å². The van der Waals surface area contributed by atoms with Crippen molar-refractivity contribution in [1.82, 2.24) is 25.5 Å². The summed E-state index contributed by atoms with van der Waals surface area (Å²) in [6.07, 6.45) is 1.51. The monoisotopic (exact) mass is 376 g/mol. The van der Waals surface area contributed by atoms with E-state index in [2.05, 4.69) is 20.7 Å². The van der Waals surface area contributed by atoms with E-state index in [-0.39, 0.29) is 18.4 Å². The van der Waals surface area contributed by atoms with Crippen molar-refractivity contribution in [2.45, 2.75) is 25.9 Å². The molecule has 0 saturated carbocycles. The van der Waals surface area contributed by atoms with Crippen LogP contribution in [0.4, 0.5) is 5.69 Å². The number of carbonyl (C=O) groups is 2. The topological polar surface area (TPSA) is 93.0 Å². The molecule has 1 saturated heterocycles. The number of aromatic nitrogens is 4. The lowest BCUT2D eigenvalue weighted by Gasteiger charge is -2.16. The molecule has 8 heteroatoms. The zero-order valence-corrected chi connectivity index (χ0v) is 15.3. The molecule has 1 fully saturated rings. The number of rotatable bonds is 6. The highest BCUT2D eigenvalue weighted by Gasteiger charge is 2.21. The molecule has 3 aromatic rings. The van der Waals surface area contributed by atoms with Gasteiger partial charge in [-0.05, 0) is 29.3 Å². The van der Waals surface area contributed by atoms with Crippen molar-refractivity contribution in [1.29, 1.82) is 0 Å². The Balaban J connectivity index is 1.30. The number of nitrogens with one attached hydrogen (secondary N) is 1. The molecule has 2 aromatic carbocycles. The molecular weight excluding hydrogens is 356 g/mol. The van der Waals surface area contributed by atoms with Crippen molar-refractivity contribution in [2.75, 3.05) is 11.4 Å². The molecule has 2 amide bonds. The summed E-state index contributed by atoms with van der Waals surface area (Å²) in [6, 6.07) is 17.1. The molecule has 0 atom stereocenters. The number of anilines is 1. The van der Waals surface area contributed by atoms with E-state index in [0.717, 1.165) is 29.8 Å². The molecule has 1 N–H and O–H groups in total. The lowest BCUT2D eigenvalue weighted by molar-refractivity contribution is -0.122. The summed E-state index contributed by atoms with van der Waals surface area (Å²) in [5, 5.41) is 15.0. The van der Waals surface area contributed by atoms with E-state index in [0.29, 0.717) is 18.8 Å². The summed E-state index contributed by atoms with van der Waals surface area (Å²) in [7, 11) is 0. The fourth-order valence-electron chi connectivity index (χ4n) is 3.11. The molecule has 0 radical (unpaired) electrons. The number of hydrogen-bond donors (Lipinski definition) is 1. The van der Waals surface area contributed by atoms with Crippen LogP contribution in [0.25, 0.3) is 11.4 Å². The number of benzene rings is 2. The van der Waals surface area contributed by atoms with Gasteiger partial charge in [0.1, 0.15) is 6.54 Å². The van der Waals surface area contributed by atoms with Gasteiger partial charge in [-0.15, -0.1) is 10.2 Å². The van der Waals surface area contributed by atoms with E-state index in [4.69, 9.17) is 0 Å². The second-order valence-corrected chi connectivity index (χ2v) is 6.60. The number of nitrogens with zero attached hydrogens (tertiary/aromatic N) is 5. The first kappa shape index (κ1) is 17.8. The lowest BCUT2D eigenvalue weighted by atomic mass is 10.2. The van der Waals surface area contributed by atoms with Crippen LogP contribution in [0.5, 0.6) is 0 Å². The summed E-state index contributed by atoms with van der Waals surface area (Å²) in [5.41, 5.74) is 2.71. The van der Waals surface area contributed by atoms with Crippen LogP contribution in [0.15, 0.2) is 54.6 Å². The number of hydrogen-bond acceptors (Lipinski definition) is 5. The van der Waals surface area contributed by atoms with E-state index < -0.39 is 0 Å². The van der Waals surface area contributed by atoms with Crippen molar-refractivity contribution in [2.24, 2.45) is 0 Å². The summed E-state index contributed by atoms with van der Waals surface area (Å²) >= 11 is 0. The number of amides is 2. The molecule has 0 unspecified atom stereocenters. The maximum atomic E-state index is 12.2. The molecule has 1 aliphatic rings. The van der Waals surface area contributed by atoms with Gasteiger partial charge in [0.05, 0.1) is 0 Å². The van der Waals surface area contributed by atoms with E-state index in [1.807, 2.05) is 54.6 Å². The second kappa shape index (κ2) is 7.99. The molecule has 142 valence electrons. The third-order valence-electron chi connectivity index (χ3n) is 4.58. The Morgan fingerprint density at radius 1 is 1.07 bits per heavy atom. The van der Waals surface area contributed by atoms with Crippen LogP contribution < -0.4 is 10.2 Å². The molecule has 1 aromatic heterocycles. The van der Waals surface area contributed by atoms with Crippen molar-refractivity contribution < 1.29 is 9.59 Å². The molecular formula is C20H20N6O2. The summed E-state index contributed by atoms with van der Waals surface area (Å²) in [6.45, 7) is 1.16. The fourth-order valence-corrected chi connectivity index (χ4v) is 3.11. The maximum Gasteiger partial charge on any atom is 0.243 e. The van der Waals surface area contributed by atoms with Crippen LogP contribution in [-0.2, 0) is 22.7 Å². The molecule has 2 heterocycles. The maximum absolute atomic E-state index is 12.2. The highest BCUT2D eigenvalue weighted by molar-refractivity contribution is 5.95. The Morgan fingerprint density at radius 3 is 2.57 bits per heavy atom. The smallest absolute Gasteiger partial charge is 0.243 e. The minimum absolute atomic E-state index is 0.000195. The first-order valence-corrected chi connectivity index (χ1v) is 9.18. The molecule has 4 rings (SSSR count). The fraction of sp³-hybridized carbons (Fsp3) is 0.250. The molecule has 0 bridgehead atoms. The van der Waals surface area contributed by atoms with Crippen LogP contribution in [0.3, 0.4) is 0 Å². The highest BCUT2D eigenvalue weighted by Crippen LogP contribution is 2.21. The van der Waals surface area contributed by atoms with Crippen molar-refractivity contribution >= 4 is 17.5 Å². The quantitative estimate of drug-likeness (QED) is 0.708. The van der Waals surface area contributed by atoms with Gasteiger partial charge >= 0.3 is 0 Å². The van der Waals surface area contributed by atoms with E-state index in [9.17, 15) is 9.59 Å². The minimum atomic E-state index is -0.198. The zero-order valence-electron chi connectivity index (χ0n) is 15.3. The van der Waals surface area contributed by atoms with Gasteiger partial charge in [-0.2, -0.15) is 4.80 Å². The van der Waals surface area contributed by atoms with Gasteiger partial charge in [0, 0.05) is 30.8 Å².